The summed E-state index contributed by atoms with van der Waals surface area (Å²) in [6.07, 6.45) is 1.42. The van der Waals surface area contributed by atoms with Crippen molar-refractivity contribution in [3.63, 3.8) is 0 Å². The molecule has 4 nitrogen and oxygen atoms in total. The SMILES string of the molecule is CC(C)(C)OCC(O)CN1CCC(Nc2ccccc2F)CC1. The van der Waals surface area contributed by atoms with E-state index in [4.69, 9.17) is 4.74 Å². The van der Waals surface area contributed by atoms with Crippen LogP contribution in [0.15, 0.2) is 24.3 Å². The number of hydrogen-bond acceptors (Lipinski definition) is 4. The Bertz CT molecular complexity index is 482. The van der Waals surface area contributed by atoms with E-state index in [-0.39, 0.29) is 17.5 Å². The average Bonchev–Trinajstić information content (AvgIpc) is 2.49. The largest absolute Gasteiger partial charge is 0.389 e. The number of anilines is 1. The maximum atomic E-state index is 13.7. The number of halogens is 1. The summed E-state index contributed by atoms with van der Waals surface area (Å²) >= 11 is 0. The molecule has 2 rings (SSSR count). The molecule has 1 saturated heterocycles. The van der Waals surface area contributed by atoms with Gasteiger partial charge in [-0.15, -0.1) is 0 Å². The molecule has 0 radical (unpaired) electrons. The molecule has 2 N–H and O–H groups in total. The molecule has 0 bridgehead atoms. The van der Waals surface area contributed by atoms with E-state index < -0.39 is 6.10 Å². The van der Waals surface area contributed by atoms with Crippen molar-refractivity contribution in [1.82, 2.24) is 4.90 Å². The molecular weight excluding hydrogens is 295 g/mol. The Morgan fingerprint density at radius 3 is 2.57 bits per heavy atom. The second-order valence-electron chi connectivity index (χ2n) is 7.28. The zero-order valence-electron chi connectivity index (χ0n) is 14.4. The normalized spacial score (nSPS) is 18.8. The molecule has 1 fully saturated rings. The van der Waals surface area contributed by atoms with Gasteiger partial charge in [0.2, 0.25) is 0 Å². The highest BCUT2D eigenvalue weighted by Gasteiger charge is 2.22. The minimum atomic E-state index is -0.467. The van der Waals surface area contributed by atoms with E-state index in [1.807, 2.05) is 26.8 Å². The fourth-order valence-electron chi connectivity index (χ4n) is 2.75. The van der Waals surface area contributed by atoms with E-state index in [2.05, 4.69) is 10.2 Å². The maximum Gasteiger partial charge on any atom is 0.146 e. The summed E-state index contributed by atoms with van der Waals surface area (Å²) in [5.74, 6) is -0.204. The number of likely N-dealkylation sites (tertiary alicyclic amines) is 1. The highest BCUT2D eigenvalue weighted by atomic mass is 19.1. The molecule has 0 aliphatic carbocycles. The van der Waals surface area contributed by atoms with Crippen LogP contribution in [0.3, 0.4) is 0 Å². The zero-order valence-corrected chi connectivity index (χ0v) is 14.4. The Kier molecular flexibility index (Phi) is 6.39. The Morgan fingerprint density at radius 1 is 1.30 bits per heavy atom. The van der Waals surface area contributed by atoms with Crippen molar-refractivity contribution in [2.24, 2.45) is 0 Å². The van der Waals surface area contributed by atoms with Crippen molar-refractivity contribution in [2.45, 2.75) is 51.4 Å². The molecule has 0 aromatic heterocycles. The minimum absolute atomic E-state index is 0.204. The van der Waals surface area contributed by atoms with Crippen LogP contribution in [0.25, 0.3) is 0 Å². The van der Waals surface area contributed by atoms with Crippen LogP contribution in [0.5, 0.6) is 0 Å². The highest BCUT2D eigenvalue weighted by Crippen LogP contribution is 2.19. The Hall–Kier alpha value is -1.17. The smallest absolute Gasteiger partial charge is 0.146 e. The maximum absolute atomic E-state index is 13.7. The Labute approximate surface area is 138 Å². The molecule has 0 amide bonds. The minimum Gasteiger partial charge on any atom is -0.389 e. The summed E-state index contributed by atoms with van der Waals surface area (Å²) in [5.41, 5.74) is 0.349. The quantitative estimate of drug-likeness (QED) is 0.844. The summed E-state index contributed by atoms with van der Waals surface area (Å²) < 4.78 is 19.3. The summed E-state index contributed by atoms with van der Waals surface area (Å²) in [5, 5.41) is 13.3. The third kappa shape index (κ3) is 6.45. The van der Waals surface area contributed by atoms with Gasteiger partial charge in [0.05, 0.1) is 24.0 Å². The summed E-state index contributed by atoms with van der Waals surface area (Å²) in [4.78, 5) is 2.25. The lowest BCUT2D eigenvalue weighted by Gasteiger charge is -2.34. The number of aliphatic hydroxyl groups excluding tert-OH is 1. The fraction of sp³-hybridized carbons (Fsp3) is 0.667. The lowest BCUT2D eigenvalue weighted by Crippen LogP contribution is -2.44. The van der Waals surface area contributed by atoms with E-state index in [9.17, 15) is 9.50 Å². The van der Waals surface area contributed by atoms with E-state index in [1.165, 1.54) is 6.07 Å². The van der Waals surface area contributed by atoms with Crippen molar-refractivity contribution in [3.05, 3.63) is 30.1 Å². The Morgan fingerprint density at radius 2 is 1.96 bits per heavy atom. The molecule has 1 heterocycles. The first-order chi connectivity index (χ1) is 10.8. The van der Waals surface area contributed by atoms with Gasteiger partial charge in [-0.3, -0.25) is 0 Å². The van der Waals surface area contributed by atoms with Gasteiger partial charge in [-0.25, -0.2) is 4.39 Å². The van der Waals surface area contributed by atoms with Crippen LogP contribution in [0.4, 0.5) is 10.1 Å². The van der Waals surface area contributed by atoms with Crippen LogP contribution in [-0.2, 0) is 4.74 Å². The van der Waals surface area contributed by atoms with Gasteiger partial charge in [-0.1, -0.05) is 12.1 Å². The van der Waals surface area contributed by atoms with Gasteiger partial charge in [0, 0.05) is 25.7 Å². The number of aliphatic hydroxyl groups is 1. The van der Waals surface area contributed by atoms with Crippen molar-refractivity contribution < 1.29 is 14.2 Å². The number of rotatable bonds is 6. The number of ether oxygens (including phenoxy) is 1. The number of nitrogens with zero attached hydrogens (tertiary/aromatic N) is 1. The lowest BCUT2D eigenvalue weighted by atomic mass is 10.0. The predicted octanol–water partition coefficient (Wildman–Crippen LogP) is 2.88. The van der Waals surface area contributed by atoms with Crippen molar-refractivity contribution >= 4 is 5.69 Å². The lowest BCUT2D eigenvalue weighted by molar-refractivity contribution is -0.0571. The standard InChI is InChI=1S/C18H29FN2O2/c1-18(2,3)23-13-15(22)12-21-10-8-14(9-11-21)20-17-7-5-4-6-16(17)19/h4-7,14-15,20,22H,8-13H2,1-3H3. The van der Waals surface area contributed by atoms with Crippen LogP contribution in [0.2, 0.25) is 0 Å². The van der Waals surface area contributed by atoms with Crippen molar-refractivity contribution in [2.75, 3.05) is 31.6 Å². The van der Waals surface area contributed by atoms with Gasteiger partial charge >= 0.3 is 0 Å². The zero-order chi connectivity index (χ0) is 16.9. The van der Waals surface area contributed by atoms with Gasteiger partial charge in [-0.05, 0) is 45.7 Å². The molecule has 1 aromatic carbocycles. The molecule has 0 saturated carbocycles. The number of para-hydroxylation sites is 1. The molecule has 1 aromatic rings. The first kappa shape index (κ1) is 18.2. The van der Waals surface area contributed by atoms with E-state index in [0.717, 1.165) is 25.9 Å². The predicted molar refractivity (Wildman–Crippen MR) is 91.2 cm³/mol. The van der Waals surface area contributed by atoms with E-state index in [0.29, 0.717) is 18.8 Å². The van der Waals surface area contributed by atoms with Gasteiger partial charge in [-0.2, -0.15) is 0 Å². The molecule has 1 aliphatic heterocycles. The molecule has 130 valence electrons. The topological polar surface area (TPSA) is 44.7 Å². The van der Waals surface area contributed by atoms with Crippen LogP contribution in [0.1, 0.15) is 33.6 Å². The summed E-state index contributed by atoms with van der Waals surface area (Å²) in [7, 11) is 0. The van der Waals surface area contributed by atoms with Crippen molar-refractivity contribution in [3.8, 4) is 0 Å². The molecule has 1 unspecified atom stereocenters. The first-order valence-electron chi connectivity index (χ1n) is 8.39. The third-order valence-electron chi connectivity index (χ3n) is 4.00. The van der Waals surface area contributed by atoms with Gasteiger partial charge in [0.25, 0.3) is 0 Å². The first-order valence-corrected chi connectivity index (χ1v) is 8.39. The van der Waals surface area contributed by atoms with Crippen molar-refractivity contribution in [1.29, 1.82) is 0 Å². The van der Waals surface area contributed by atoms with Gasteiger partial charge < -0.3 is 20.1 Å². The van der Waals surface area contributed by atoms with E-state index >= 15 is 0 Å². The fourth-order valence-corrected chi connectivity index (χ4v) is 2.75. The third-order valence-corrected chi connectivity index (χ3v) is 4.00. The molecule has 1 aliphatic rings. The summed E-state index contributed by atoms with van der Waals surface area (Å²) in [6.45, 7) is 8.75. The molecule has 1 atom stereocenters. The number of benzene rings is 1. The molecule has 0 spiro atoms. The molecule has 5 heteroatoms. The van der Waals surface area contributed by atoms with E-state index in [1.54, 1.807) is 12.1 Å². The van der Waals surface area contributed by atoms with Crippen LogP contribution < -0.4 is 5.32 Å². The summed E-state index contributed by atoms with van der Waals surface area (Å²) in [6, 6.07) is 7.07. The van der Waals surface area contributed by atoms with Crippen LogP contribution in [-0.4, -0.2) is 54.0 Å². The Balaban J connectivity index is 1.70. The molecule has 23 heavy (non-hydrogen) atoms. The number of nitrogens with one attached hydrogen (secondary N) is 1. The molecular formula is C18H29FN2O2. The second-order valence-corrected chi connectivity index (χ2v) is 7.28. The number of piperidine rings is 1. The van der Waals surface area contributed by atoms with Crippen LogP contribution in [0, 0.1) is 5.82 Å². The monoisotopic (exact) mass is 324 g/mol. The second kappa shape index (κ2) is 8.08. The highest BCUT2D eigenvalue weighted by molar-refractivity contribution is 5.45. The van der Waals surface area contributed by atoms with Crippen LogP contribution >= 0.6 is 0 Å². The van der Waals surface area contributed by atoms with Gasteiger partial charge in [0.15, 0.2) is 0 Å². The number of hydrogen-bond donors (Lipinski definition) is 2. The average molecular weight is 324 g/mol. The van der Waals surface area contributed by atoms with Gasteiger partial charge in [0.1, 0.15) is 5.82 Å². The number of β-amino-alcohol motifs (C(OH)–C–C–N with tert-alkyl or cyclic N) is 1.